The quantitative estimate of drug-likeness (QED) is 0.759. The Morgan fingerprint density at radius 1 is 1.47 bits per heavy atom. The number of hydrogen-bond donors (Lipinski definition) is 1. The Hall–Kier alpha value is -1.78. The number of nitrogens with zero attached hydrogens (tertiary/aromatic N) is 1. The lowest BCUT2D eigenvalue weighted by Crippen LogP contribution is -2.26. The Kier molecular flexibility index (Phi) is 2.49. The van der Waals surface area contributed by atoms with Crippen LogP contribution in [0.25, 0.3) is 0 Å². The van der Waals surface area contributed by atoms with Crippen LogP contribution in [0.3, 0.4) is 0 Å². The van der Waals surface area contributed by atoms with Gasteiger partial charge in [-0.05, 0) is 18.8 Å². The summed E-state index contributed by atoms with van der Waals surface area (Å²) in [5.41, 5.74) is 1.36. The maximum absolute atomic E-state index is 11.0. The van der Waals surface area contributed by atoms with Gasteiger partial charge in [0.1, 0.15) is 5.76 Å². The molecule has 92 valence electrons. The fraction of sp³-hybridized carbons (Fsp3) is 0.500. The smallest absolute Gasteiger partial charge is 0.372 e. The third-order valence-electron chi connectivity index (χ3n) is 3.10. The molecule has 2 rings (SSSR count). The highest BCUT2D eigenvalue weighted by Gasteiger charge is 2.35. The van der Waals surface area contributed by atoms with Crippen LogP contribution >= 0.6 is 0 Å². The fourth-order valence-corrected chi connectivity index (χ4v) is 2.40. The van der Waals surface area contributed by atoms with Crippen molar-refractivity contribution in [2.75, 3.05) is 0 Å². The van der Waals surface area contributed by atoms with Gasteiger partial charge in [0.2, 0.25) is 5.76 Å². The van der Waals surface area contributed by atoms with Crippen molar-refractivity contribution in [3.8, 4) is 0 Å². The van der Waals surface area contributed by atoms with Crippen LogP contribution in [0.5, 0.6) is 0 Å². The minimum atomic E-state index is -1.11. The van der Waals surface area contributed by atoms with E-state index in [0.717, 1.165) is 0 Å². The number of fused-ring (bicyclic) bond motifs is 1. The second-order valence-electron chi connectivity index (χ2n) is 5.22. The molecule has 0 radical (unpaired) electrons. The molecule has 0 aliphatic heterocycles. The molecular weight excluding hydrogens is 222 g/mol. The molecule has 0 saturated carbocycles. The molecule has 0 fully saturated rings. The van der Waals surface area contributed by atoms with E-state index in [-0.39, 0.29) is 11.2 Å². The highest BCUT2D eigenvalue weighted by atomic mass is 16.4. The zero-order chi connectivity index (χ0) is 12.8. The Morgan fingerprint density at radius 2 is 2.12 bits per heavy atom. The van der Waals surface area contributed by atoms with Crippen LogP contribution in [0.1, 0.15) is 47.7 Å². The lowest BCUT2D eigenvalue weighted by molar-refractivity contribution is 0.0658. The van der Waals surface area contributed by atoms with E-state index in [9.17, 15) is 10.0 Å². The van der Waals surface area contributed by atoms with Gasteiger partial charge in [0.25, 0.3) is 0 Å². The minimum absolute atomic E-state index is 0.0890. The second kappa shape index (κ2) is 3.61. The van der Waals surface area contributed by atoms with E-state index in [4.69, 9.17) is 9.52 Å². The molecule has 0 saturated heterocycles. The second-order valence-corrected chi connectivity index (χ2v) is 5.22. The van der Waals surface area contributed by atoms with Crippen LogP contribution in [-0.4, -0.2) is 16.8 Å². The SMILES string of the molecule is Cc1c(C(=O)O)oc2c1/C(=N\[O-])CC(C)(C)C2. The summed E-state index contributed by atoms with van der Waals surface area (Å²) in [6.45, 7) is 5.65. The molecule has 0 unspecified atom stereocenters. The number of hydrogen-bond acceptors (Lipinski definition) is 4. The molecule has 17 heavy (non-hydrogen) atoms. The molecular formula is C12H14NO4-. The van der Waals surface area contributed by atoms with Gasteiger partial charge in [0.05, 0.1) is 0 Å². The third-order valence-corrected chi connectivity index (χ3v) is 3.10. The molecule has 1 N–H and O–H groups in total. The van der Waals surface area contributed by atoms with Gasteiger partial charge in [-0.15, -0.1) is 0 Å². The zero-order valence-corrected chi connectivity index (χ0v) is 10.0. The average molecular weight is 236 g/mol. The number of aromatic carboxylic acids is 1. The Labute approximate surface area is 98.7 Å². The van der Waals surface area contributed by atoms with Crippen molar-refractivity contribution >= 4 is 11.7 Å². The summed E-state index contributed by atoms with van der Waals surface area (Å²) in [4.78, 5) is 11.0. The van der Waals surface area contributed by atoms with Crippen molar-refractivity contribution in [1.82, 2.24) is 0 Å². The van der Waals surface area contributed by atoms with E-state index in [1.807, 2.05) is 13.8 Å². The fourth-order valence-electron chi connectivity index (χ4n) is 2.40. The molecule has 5 heteroatoms. The Balaban J connectivity index is 2.63. The van der Waals surface area contributed by atoms with E-state index in [2.05, 4.69) is 5.16 Å². The first-order chi connectivity index (χ1) is 7.85. The number of carbonyl (C=O) groups is 1. The van der Waals surface area contributed by atoms with Gasteiger partial charge in [-0.2, -0.15) is 0 Å². The number of carboxylic acids is 1. The summed E-state index contributed by atoms with van der Waals surface area (Å²) in [6, 6.07) is 0. The highest BCUT2D eigenvalue weighted by molar-refractivity contribution is 6.06. The van der Waals surface area contributed by atoms with Crippen molar-refractivity contribution in [1.29, 1.82) is 0 Å². The maximum Gasteiger partial charge on any atom is 0.372 e. The van der Waals surface area contributed by atoms with E-state index in [1.54, 1.807) is 6.92 Å². The first kappa shape index (κ1) is 11.7. The predicted molar refractivity (Wildman–Crippen MR) is 62.4 cm³/mol. The van der Waals surface area contributed by atoms with Gasteiger partial charge in [-0.3, -0.25) is 0 Å². The zero-order valence-electron chi connectivity index (χ0n) is 10.0. The lowest BCUT2D eigenvalue weighted by atomic mass is 9.75. The Morgan fingerprint density at radius 3 is 2.65 bits per heavy atom. The van der Waals surface area contributed by atoms with E-state index >= 15 is 0 Å². The molecule has 0 amide bonds. The number of carboxylic acid groups (broad SMARTS) is 1. The maximum atomic E-state index is 11.0. The van der Waals surface area contributed by atoms with Crippen molar-refractivity contribution in [3.05, 3.63) is 27.9 Å². The van der Waals surface area contributed by atoms with Crippen LogP contribution in [-0.2, 0) is 6.42 Å². The Bertz CT molecular complexity index is 511. The molecule has 1 aliphatic carbocycles. The average Bonchev–Trinajstić information content (AvgIpc) is 2.53. The summed E-state index contributed by atoms with van der Waals surface area (Å²) in [5, 5.41) is 22.9. The van der Waals surface area contributed by atoms with Gasteiger partial charge in [0, 0.05) is 23.3 Å². The van der Waals surface area contributed by atoms with Crippen molar-refractivity contribution in [2.24, 2.45) is 10.6 Å². The van der Waals surface area contributed by atoms with Gasteiger partial charge in [-0.1, -0.05) is 13.8 Å². The minimum Gasteiger partial charge on any atom is -0.792 e. The molecule has 0 bridgehead atoms. The molecule has 1 aromatic rings. The molecule has 5 nitrogen and oxygen atoms in total. The van der Waals surface area contributed by atoms with Gasteiger partial charge in [-0.25, -0.2) is 4.79 Å². The van der Waals surface area contributed by atoms with E-state index < -0.39 is 5.97 Å². The van der Waals surface area contributed by atoms with Crippen LogP contribution in [0.15, 0.2) is 9.57 Å². The van der Waals surface area contributed by atoms with Gasteiger partial charge < -0.3 is 19.9 Å². The van der Waals surface area contributed by atoms with Gasteiger partial charge in [0.15, 0.2) is 0 Å². The first-order valence-electron chi connectivity index (χ1n) is 5.41. The number of rotatable bonds is 1. The van der Waals surface area contributed by atoms with Crippen LogP contribution in [0.2, 0.25) is 0 Å². The molecule has 0 atom stereocenters. The molecule has 0 spiro atoms. The molecule has 1 aliphatic rings. The largest absolute Gasteiger partial charge is 0.792 e. The normalized spacial score (nSPS) is 20.3. The summed E-state index contributed by atoms with van der Waals surface area (Å²) >= 11 is 0. The standard InChI is InChI=1S/C12H15NO4/c1-6-9-7(13-16)4-12(2,3)5-8(9)17-10(6)11(14)15/h16H,4-5H2,1-3H3,(H,14,15)/p-1/b13-7-. The van der Waals surface area contributed by atoms with Crippen LogP contribution in [0, 0.1) is 17.5 Å². The lowest BCUT2D eigenvalue weighted by Gasteiger charge is -2.30. The van der Waals surface area contributed by atoms with Crippen LogP contribution in [0.4, 0.5) is 0 Å². The number of furan rings is 1. The summed E-state index contributed by atoms with van der Waals surface area (Å²) in [7, 11) is 0. The predicted octanol–water partition coefficient (Wildman–Crippen LogP) is 2.55. The molecule has 0 aromatic carbocycles. The monoisotopic (exact) mass is 236 g/mol. The highest BCUT2D eigenvalue weighted by Crippen LogP contribution is 2.38. The van der Waals surface area contributed by atoms with E-state index in [1.165, 1.54) is 0 Å². The van der Waals surface area contributed by atoms with Crippen LogP contribution < -0.4 is 0 Å². The topological polar surface area (TPSA) is 85.9 Å². The summed E-state index contributed by atoms with van der Waals surface area (Å²) in [6.07, 6.45) is 1.17. The van der Waals surface area contributed by atoms with Gasteiger partial charge >= 0.3 is 5.97 Å². The molecule has 1 aromatic heterocycles. The van der Waals surface area contributed by atoms with Crippen molar-refractivity contribution in [2.45, 2.75) is 33.6 Å². The third kappa shape index (κ3) is 1.81. The summed E-state index contributed by atoms with van der Waals surface area (Å²) < 4.78 is 5.35. The van der Waals surface area contributed by atoms with E-state index in [0.29, 0.717) is 35.4 Å². The summed E-state index contributed by atoms with van der Waals surface area (Å²) in [5.74, 6) is -0.639. The first-order valence-corrected chi connectivity index (χ1v) is 5.41. The van der Waals surface area contributed by atoms with Crippen molar-refractivity contribution < 1.29 is 14.3 Å². The molecule has 1 heterocycles. The van der Waals surface area contributed by atoms with Crippen molar-refractivity contribution in [3.63, 3.8) is 0 Å².